The van der Waals surface area contributed by atoms with Gasteiger partial charge < -0.3 is 10.2 Å². The van der Waals surface area contributed by atoms with Gasteiger partial charge in [0.1, 0.15) is 5.82 Å². The van der Waals surface area contributed by atoms with Gasteiger partial charge in [0.05, 0.1) is 16.9 Å². The number of carbonyl (C=O) groups excluding carboxylic acids is 1. The summed E-state index contributed by atoms with van der Waals surface area (Å²) in [6, 6.07) is 16.9. The molecule has 0 heterocycles. The summed E-state index contributed by atoms with van der Waals surface area (Å²) in [6.07, 6.45) is -4.56. The Morgan fingerprint density at radius 1 is 0.929 bits per heavy atom. The maximum absolute atomic E-state index is 13.2. The molecule has 3 rings (SSSR count). The number of nitrogens with one attached hydrogen (secondary N) is 1. The lowest BCUT2D eigenvalue weighted by molar-refractivity contribution is -0.137. The lowest BCUT2D eigenvalue weighted by Gasteiger charge is -2.24. The van der Waals surface area contributed by atoms with Crippen molar-refractivity contribution in [3.8, 4) is 0 Å². The summed E-state index contributed by atoms with van der Waals surface area (Å²) in [4.78, 5) is 14.1. The number of anilines is 3. The van der Waals surface area contributed by atoms with Crippen molar-refractivity contribution in [1.82, 2.24) is 0 Å². The van der Waals surface area contributed by atoms with E-state index in [0.29, 0.717) is 5.69 Å². The molecule has 0 unspecified atom stereocenters. The molecule has 3 nitrogen and oxygen atoms in total. The average Bonchev–Trinajstić information content (AvgIpc) is 2.68. The summed E-state index contributed by atoms with van der Waals surface area (Å²) in [7, 11) is 1.69. The molecule has 144 valence electrons. The van der Waals surface area contributed by atoms with Crippen molar-refractivity contribution in [3.05, 3.63) is 89.7 Å². The second-order valence-electron chi connectivity index (χ2n) is 6.09. The molecular weight excluding hydrogens is 372 g/mol. The van der Waals surface area contributed by atoms with E-state index in [2.05, 4.69) is 5.32 Å². The number of rotatable bonds is 4. The topological polar surface area (TPSA) is 32.3 Å². The lowest BCUT2D eigenvalue weighted by atomic mass is 10.1. The molecule has 0 aliphatic rings. The first kappa shape index (κ1) is 19.4. The highest BCUT2D eigenvalue weighted by atomic mass is 19.4. The number of hydrogen-bond acceptors (Lipinski definition) is 2. The van der Waals surface area contributed by atoms with Gasteiger partial charge in [0.15, 0.2) is 0 Å². The Hall–Kier alpha value is -3.35. The number of hydrogen-bond donors (Lipinski definition) is 1. The second-order valence-corrected chi connectivity index (χ2v) is 6.09. The van der Waals surface area contributed by atoms with E-state index in [1.54, 1.807) is 36.2 Å². The van der Waals surface area contributed by atoms with Gasteiger partial charge in [-0.25, -0.2) is 4.39 Å². The van der Waals surface area contributed by atoms with E-state index in [4.69, 9.17) is 0 Å². The van der Waals surface area contributed by atoms with Crippen LogP contribution in [0.4, 0.5) is 34.6 Å². The average molecular weight is 388 g/mol. The first-order valence-electron chi connectivity index (χ1n) is 8.32. The summed E-state index contributed by atoms with van der Waals surface area (Å²) in [5.41, 5.74) is 0.365. The Bertz CT molecular complexity index is 970. The summed E-state index contributed by atoms with van der Waals surface area (Å²) in [5.74, 6) is -1.15. The van der Waals surface area contributed by atoms with E-state index in [0.717, 1.165) is 30.0 Å². The van der Waals surface area contributed by atoms with Gasteiger partial charge in [0, 0.05) is 18.3 Å². The highest BCUT2D eigenvalue weighted by molar-refractivity contribution is 6.06. The SMILES string of the molecule is CN(c1ccccc1)c1ccc(C(F)(F)F)cc1NC(=O)c1ccc(F)cc1. The second kappa shape index (κ2) is 7.72. The van der Waals surface area contributed by atoms with Gasteiger partial charge in [-0.3, -0.25) is 4.79 Å². The zero-order valence-electron chi connectivity index (χ0n) is 14.8. The molecule has 1 N–H and O–H groups in total. The van der Waals surface area contributed by atoms with Gasteiger partial charge in [-0.15, -0.1) is 0 Å². The minimum Gasteiger partial charge on any atom is -0.343 e. The summed E-state index contributed by atoms with van der Waals surface area (Å²) < 4.78 is 52.5. The Balaban J connectivity index is 2.00. The molecule has 3 aromatic carbocycles. The van der Waals surface area contributed by atoms with Crippen molar-refractivity contribution in [2.75, 3.05) is 17.3 Å². The van der Waals surface area contributed by atoms with E-state index < -0.39 is 23.5 Å². The van der Waals surface area contributed by atoms with Crippen LogP contribution in [0.2, 0.25) is 0 Å². The molecule has 0 atom stereocenters. The molecule has 0 aliphatic heterocycles. The van der Waals surface area contributed by atoms with Crippen molar-refractivity contribution in [3.63, 3.8) is 0 Å². The smallest absolute Gasteiger partial charge is 0.343 e. The maximum Gasteiger partial charge on any atom is 0.416 e. The Morgan fingerprint density at radius 2 is 1.57 bits per heavy atom. The highest BCUT2D eigenvalue weighted by Crippen LogP contribution is 2.37. The van der Waals surface area contributed by atoms with Gasteiger partial charge in [-0.2, -0.15) is 13.2 Å². The van der Waals surface area contributed by atoms with E-state index >= 15 is 0 Å². The van der Waals surface area contributed by atoms with E-state index in [1.807, 2.05) is 6.07 Å². The number of halogens is 4. The molecule has 1 amide bonds. The predicted octanol–water partition coefficient (Wildman–Crippen LogP) is 5.86. The van der Waals surface area contributed by atoms with Gasteiger partial charge >= 0.3 is 6.18 Å². The predicted molar refractivity (Wildman–Crippen MR) is 100 cm³/mol. The number of alkyl halides is 3. The molecule has 0 saturated carbocycles. The van der Waals surface area contributed by atoms with Crippen molar-refractivity contribution < 1.29 is 22.4 Å². The fourth-order valence-electron chi connectivity index (χ4n) is 2.69. The van der Waals surface area contributed by atoms with Crippen LogP contribution in [0.25, 0.3) is 0 Å². The molecule has 0 bridgehead atoms. The highest BCUT2D eigenvalue weighted by Gasteiger charge is 2.31. The molecule has 28 heavy (non-hydrogen) atoms. The molecule has 3 aromatic rings. The molecule has 0 fully saturated rings. The van der Waals surface area contributed by atoms with E-state index in [1.165, 1.54) is 18.2 Å². The van der Waals surface area contributed by atoms with Gasteiger partial charge in [0.25, 0.3) is 5.91 Å². The zero-order chi connectivity index (χ0) is 20.3. The number of benzene rings is 3. The molecule has 0 aromatic heterocycles. The lowest BCUT2D eigenvalue weighted by Crippen LogP contribution is -2.18. The number of para-hydroxylation sites is 1. The zero-order valence-corrected chi connectivity index (χ0v) is 14.8. The van der Waals surface area contributed by atoms with Crippen molar-refractivity contribution in [1.29, 1.82) is 0 Å². The Kier molecular flexibility index (Phi) is 5.35. The van der Waals surface area contributed by atoms with Crippen LogP contribution in [0.15, 0.2) is 72.8 Å². The van der Waals surface area contributed by atoms with Crippen LogP contribution >= 0.6 is 0 Å². The first-order valence-corrected chi connectivity index (χ1v) is 8.32. The molecule has 0 spiro atoms. The minimum absolute atomic E-state index is 0.00416. The number of carbonyl (C=O) groups is 1. The van der Waals surface area contributed by atoms with E-state index in [9.17, 15) is 22.4 Å². The fraction of sp³-hybridized carbons (Fsp3) is 0.0952. The van der Waals surface area contributed by atoms with Crippen LogP contribution in [0.1, 0.15) is 15.9 Å². The summed E-state index contributed by atoms with van der Waals surface area (Å²) >= 11 is 0. The maximum atomic E-state index is 13.2. The number of nitrogens with zero attached hydrogens (tertiary/aromatic N) is 1. The third kappa shape index (κ3) is 4.31. The van der Waals surface area contributed by atoms with Crippen molar-refractivity contribution in [2.45, 2.75) is 6.18 Å². The van der Waals surface area contributed by atoms with Crippen LogP contribution in [0.5, 0.6) is 0 Å². The quantitative estimate of drug-likeness (QED) is 0.568. The third-order valence-corrected chi connectivity index (χ3v) is 4.18. The van der Waals surface area contributed by atoms with Crippen LogP contribution in [-0.2, 0) is 6.18 Å². The summed E-state index contributed by atoms with van der Waals surface area (Å²) in [6.45, 7) is 0. The van der Waals surface area contributed by atoms with Crippen LogP contribution in [0.3, 0.4) is 0 Å². The Morgan fingerprint density at radius 3 is 2.18 bits per heavy atom. The largest absolute Gasteiger partial charge is 0.416 e. The van der Waals surface area contributed by atoms with Gasteiger partial charge in [-0.1, -0.05) is 18.2 Å². The van der Waals surface area contributed by atoms with Crippen molar-refractivity contribution in [2.24, 2.45) is 0 Å². The van der Waals surface area contributed by atoms with Crippen LogP contribution in [-0.4, -0.2) is 13.0 Å². The molecule has 0 saturated heterocycles. The van der Waals surface area contributed by atoms with Crippen molar-refractivity contribution >= 4 is 23.0 Å². The molecule has 7 heteroatoms. The number of amides is 1. The first-order chi connectivity index (χ1) is 13.3. The molecule has 0 aliphatic carbocycles. The monoisotopic (exact) mass is 388 g/mol. The molecule has 0 radical (unpaired) electrons. The minimum atomic E-state index is -4.56. The Labute approximate surface area is 159 Å². The summed E-state index contributed by atoms with van der Waals surface area (Å²) in [5, 5.41) is 2.51. The van der Waals surface area contributed by atoms with Gasteiger partial charge in [0.2, 0.25) is 0 Å². The normalized spacial score (nSPS) is 11.2. The third-order valence-electron chi connectivity index (χ3n) is 4.18. The fourth-order valence-corrected chi connectivity index (χ4v) is 2.69. The van der Waals surface area contributed by atoms with Crippen LogP contribution in [0, 0.1) is 5.82 Å². The standard InChI is InChI=1S/C21H16F4N2O/c1-27(17-5-3-2-4-6-17)19-12-9-15(21(23,24)25)13-18(19)26-20(28)14-7-10-16(22)11-8-14/h2-13H,1H3,(H,26,28). The van der Waals surface area contributed by atoms with Crippen LogP contribution < -0.4 is 10.2 Å². The molecular formula is C21H16F4N2O. The van der Waals surface area contributed by atoms with Gasteiger partial charge in [-0.05, 0) is 54.6 Å². The van der Waals surface area contributed by atoms with E-state index in [-0.39, 0.29) is 11.3 Å².